The Labute approximate surface area is 136 Å². The van der Waals surface area contributed by atoms with Crippen LogP contribution in [-0.4, -0.2) is 87.4 Å². The van der Waals surface area contributed by atoms with E-state index in [1.54, 1.807) is 6.92 Å². The summed E-state index contributed by atoms with van der Waals surface area (Å²) in [6, 6.07) is -1.07. The zero-order valence-electron chi connectivity index (χ0n) is 12.3. The average Bonchev–Trinajstić information content (AvgIpc) is 2.52. The first-order valence-corrected chi connectivity index (χ1v) is 7.37. The molecule has 0 aliphatic carbocycles. The topological polar surface area (TPSA) is 161 Å². The van der Waals surface area contributed by atoms with E-state index in [0.717, 1.165) is 0 Å². The third-order valence-corrected chi connectivity index (χ3v) is 3.32. The Kier molecular flexibility index (Phi) is 8.05. The van der Waals surface area contributed by atoms with Crippen molar-refractivity contribution in [2.75, 3.05) is 19.0 Å². The van der Waals surface area contributed by atoms with Crippen LogP contribution < -0.4 is 5.32 Å². The minimum absolute atomic E-state index is 0.0604. The Hall–Kier alpha value is -1.08. The van der Waals surface area contributed by atoms with E-state index in [9.17, 15) is 30.1 Å². The van der Waals surface area contributed by atoms with Crippen molar-refractivity contribution in [3.63, 3.8) is 0 Å². The lowest BCUT2D eigenvalue weighted by Gasteiger charge is -2.41. The van der Waals surface area contributed by atoms with Crippen LogP contribution in [0.25, 0.3) is 0 Å². The molecule has 1 aliphatic heterocycles. The number of nitroso groups, excluding NO2 is 1. The summed E-state index contributed by atoms with van der Waals surface area (Å²) in [5.74, 6) is -0.0604. The second-order valence-electron chi connectivity index (χ2n) is 4.68. The molecule has 11 nitrogen and oxygen atoms in total. The van der Waals surface area contributed by atoms with Gasteiger partial charge in [0.05, 0.1) is 11.8 Å². The largest absolute Gasteiger partial charge is 0.387 e. The minimum atomic E-state index is -1.80. The van der Waals surface area contributed by atoms with Crippen LogP contribution >= 0.6 is 11.6 Å². The molecule has 5 N–H and O–H groups in total. The van der Waals surface area contributed by atoms with E-state index >= 15 is 0 Å². The zero-order valence-corrected chi connectivity index (χ0v) is 13.0. The van der Waals surface area contributed by atoms with Gasteiger partial charge in [-0.1, -0.05) is 0 Å². The number of nitrogens with one attached hydrogen (secondary N) is 1. The van der Waals surface area contributed by atoms with E-state index in [2.05, 4.69) is 5.29 Å². The van der Waals surface area contributed by atoms with Crippen LogP contribution in [-0.2, 0) is 9.47 Å². The highest BCUT2D eigenvalue weighted by atomic mass is 35.5. The number of carbonyl (C=O) groups is 1. The standard InChI is InChI=1S/C11H20ClN3O8/c1-2-22-10-7(18)5(16)6(17)8(23-10)9(19)13-11(20)15(14-21)4-3-12/h5-10,16-19H,2-4H2,1H3,(H,13,20)/t5-,6-,7+,8-,9?,10-/m0/s1. The highest BCUT2D eigenvalue weighted by Crippen LogP contribution is 2.23. The van der Waals surface area contributed by atoms with Crippen LogP contribution in [0.4, 0.5) is 4.79 Å². The van der Waals surface area contributed by atoms with Crippen molar-refractivity contribution in [1.29, 1.82) is 0 Å². The fourth-order valence-corrected chi connectivity index (χ4v) is 2.14. The number of hydrogen-bond acceptors (Lipinski definition) is 9. The number of urea groups is 1. The molecule has 1 unspecified atom stereocenters. The van der Waals surface area contributed by atoms with E-state index in [-0.39, 0.29) is 19.0 Å². The van der Waals surface area contributed by atoms with E-state index < -0.39 is 43.0 Å². The molecular weight excluding hydrogens is 338 g/mol. The number of rotatable bonds is 7. The van der Waals surface area contributed by atoms with Crippen LogP contribution in [0, 0.1) is 4.91 Å². The van der Waals surface area contributed by atoms with Gasteiger partial charge in [0.1, 0.15) is 24.4 Å². The fourth-order valence-electron chi connectivity index (χ4n) is 1.98. The van der Waals surface area contributed by atoms with Gasteiger partial charge in [-0.2, -0.15) is 5.01 Å². The molecule has 0 aromatic heterocycles. The van der Waals surface area contributed by atoms with Gasteiger partial charge >= 0.3 is 6.03 Å². The number of ether oxygens (including phenoxy) is 2. The number of aliphatic hydroxyl groups excluding tert-OH is 4. The Morgan fingerprint density at radius 1 is 1.39 bits per heavy atom. The van der Waals surface area contributed by atoms with Crippen molar-refractivity contribution >= 4 is 17.6 Å². The predicted molar refractivity (Wildman–Crippen MR) is 76.1 cm³/mol. The van der Waals surface area contributed by atoms with Crippen molar-refractivity contribution in [3.8, 4) is 0 Å². The van der Waals surface area contributed by atoms with Crippen LogP contribution in [0.3, 0.4) is 0 Å². The first-order valence-electron chi connectivity index (χ1n) is 6.83. The van der Waals surface area contributed by atoms with Gasteiger partial charge in [-0.3, -0.25) is 0 Å². The van der Waals surface area contributed by atoms with E-state index in [4.69, 9.17) is 21.1 Å². The number of carbonyl (C=O) groups excluding carboxylic acids is 1. The summed E-state index contributed by atoms with van der Waals surface area (Å²) in [6.07, 6.45) is -9.52. The Balaban J connectivity index is 2.74. The third-order valence-electron chi connectivity index (χ3n) is 3.15. The second-order valence-corrected chi connectivity index (χ2v) is 5.06. The molecule has 23 heavy (non-hydrogen) atoms. The number of halogens is 1. The highest BCUT2D eigenvalue weighted by molar-refractivity contribution is 6.18. The molecule has 1 saturated heterocycles. The first kappa shape index (κ1) is 20.0. The van der Waals surface area contributed by atoms with Gasteiger partial charge in [0, 0.05) is 12.5 Å². The van der Waals surface area contributed by atoms with Gasteiger partial charge in [-0.25, -0.2) is 4.79 Å². The molecule has 0 radical (unpaired) electrons. The van der Waals surface area contributed by atoms with E-state index in [0.29, 0.717) is 5.01 Å². The number of nitrogens with zero attached hydrogens (tertiary/aromatic N) is 2. The molecule has 0 spiro atoms. The van der Waals surface area contributed by atoms with Gasteiger partial charge < -0.3 is 35.2 Å². The zero-order chi connectivity index (χ0) is 17.6. The molecule has 2 amide bonds. The van der Waals surface area contributed by atoms with Gasteiger partial charge in [0.2, 0.25) is 0 Å². The molecule has 0 aromatic carbocycles. The summed E-state index contributed by atoms with van der Waals surface area (Å²) in [6.45, 7) is 1.55. The molecule has 12 heteroatoms. The summed E-state index contributed by atoms with van der Waals surface area (Å²) >= 11 is 5.39. The van der Waals surface area contributed by atoms with Gasteiger partial charge in [0.25, 0.3) is 0 Å². The molecule has 0 saturated carbocycles. The van der Waals surface area contributed by atoms with Crippen LogP contribution in [0.5, 0.6) is 0 Å². The molecule has 6 atom stereocenters. The quantitative estimate of drug-likeness (QED) is 0.152. The summed E-state index contributed by atoms with van der Waals surface area (Å²) in [7, 11) is 0. The van der Waals surface area contributed by atoms with E-state index in [1.807, 2.05) is 5.32 Å². The number of amides is 2. The summed E-state index contributed by atoms with van der Waals surface area (Å²) < 4.78 is 10.2. The molecule has 1 rings (SSSR count). The van der Waals surface area contributed by atoms with Crippen LogP contribution in [0.1, 0.15) is 6.92 Å². The predicted octanol–water partition coefficient (Wildman–Crippen LogP) is -1.92. The van der Waals surface area contributed by atoms with Crippen molar-refractivity contribution < 1.29 is 34.7 Å². The molecule has 0 aromatic rings. The molecule has 1 heterocycles. The van der Waals surface area contributed by atoms with Crippen molar-refractivity contribution in [2.45, 2.75) is 43.9 Å². The lowest BCUT2D eigenvalue weighted by molar-refractivity contribution is -0.310. The monoisotopic (exact) mass is 357 g/mol. The molecule has 134 valence electrons. The number of alkyl halides is 1. The van der Waals surface area contributed by atoms with E-state index in [1.165, 1.54) is 0 Å². The Morgan fingerprint density at radius 3 is 2.57 bits per heavy atom. The highest BCUT2D eigenvalue weighted by Gasteiger charge is 2.47. The Bertz CT molecular complexity index is 403. The normalized spacial score (nSPS) is 32.2. The molecule has 1 aliphatic rings. The SMILES string of the molecule is CCO[C@H]1O[C@H](C(O)NC(=O)N(CCCl)N=O)[C@@H](O)[C@H](O)[C@H]1O. The molecule has 1 fully saturated rings. The number of aliphatic hydroxyl groups is 4. The van der Waals surface area contributed by atoms with Crippen molar-refractivity contribution in [2.24, 2.45) is 5.29 Å². The second kappa shape index (κ2) is 9.27. The van der Waals surface area contributed by atoms with Crippen LogP contribution in [0.2, 0.25) is 0 Å². The maximum absolute atomic E-state index is 11.7. The van der Waals surface area contributed by atoms with Gasteiger partial charge in [0.15, 0.2) is 12.5 Å². The summed E-state index contributed by atoms with van der Waals surface area (Å²) in [5, 5.41) is 44.1. The van der Waals surface area contributed by atoms with Crippen molar-refractivity contribution in [1.82, 2.24) is 10.3 Å². The smallest absolute Gasteiger partial charge is 0.342 e. The maximum Gasteiger partial charge on any atom is 0.342 e. The van der Waals surface area contributed by atoms with Crippen molar-refractivity contribution in [3.05, 3.63) is 4.91 Å². The fraction of sp³-hybridized carbons (Fsp3) is 0.909. The first-order chi connectivity index (χ1) is 10.9. The number of hydrogen-bond donors (Lipinski definition) is 5. The average molecular weight is 358 g/mol. The van der Waals surface area contributed by atoms with Crippen LogP contribution in [0.15, 0.2) is 5.29 Å². The van der Waals surface area contributed by atoms with Gasteiger partial charge in [-0.05, 0) is 6.92 Å². The maximum atomic E-state index is 11.7. The summed E-state index contributed by atoms with van der Waals surface area (Å²) in [4.78, 5) is 22.2. The molecular formula is C11H20ClN3O8. The third kappa shape index (κ3) is 4.94. The minimum Gasteiger partial charge on any atom is -0.387 e. The summed E-state index contributed by atoms with van der Waals surface area (Å²) in [5.41, 5.74) is 0. The lowest BCUT2D eigenvalue weighted by atomic mass is 9.98. The Morgan fingerprint density at radius 2 is 2.04 bits per heavy atom. The lowest BCUT2D eigenvalue weighted by Crippen LogP contribution is -2.64. The van der Waals surface area contributed by atoms with Gasteiger partial charge in [-0.15, -0.1) is 16.5 Å². The molecule has 0 bridgehead atoms.